The number of nitrogens with two attached hydrogens (primary N) is 1. The smallest absolute Gasteiger partial charge is 0.183 e. The van der Waals surface area contributed by atoms with Crippen molar-refractivity contribution in [2.75, 3.05) is 5.73 Å². The molecule has 2 aromatic carbocycles. The van der Waals surface area contributed by atoms with E-state index in [4.69, 9.17) is 17.3 Å². The van der Waals surface area contributed by atoms with Crippen LogP contribution in [0.5, 0.6) is 0 Å². The fourth-order valence-corrected chi connectivity index (χ4v) is 3.47. The van der Waals surface area contributed by atoms with Crippen LogP contribution in [0, 0.1) is 5.82 Å². The highest BCUT2D eigenvalue weighted by molar-refractivity contribution is 6.31. The number of fused-ring (bicyclic) bond motifs is 2. The van der Waals surface area contributed by atoms with Gasteiger partial charge >= 0.3 is 0 Å². The Kier molecular flexibility index (Phi) is 4.10. The van der Waals surface area contributed by atoms with Gasteiger partial charge in [-0.25, -0.2) is 24.0 Å². The number of halogens is 2. The second-order valence-electron chi connectivity index (χ2n) is 6.57. The number of rotatable bonds is 3. The monoisotopic (exact) mass is 404 g/mol. The Morgan fingerprint density at radius 1 is 1.00 bits per heavy atom. The molecule has 0 atom stereocenters. The minimum Gasteiger partial charge on any atom is -0.383 e. The average Bonchev–Trinajstić information content (AvgIpc) is 3.08. The van der Waals surface area contributed by atoms with Crippen LogP contribution in [0.3, 0.4) is 0 Å². The molecule has 0 radical (unpaired) electrons. The molecule has 3 aromatic heterocycles. The lowest BCUT2D eigenvalue weighted by molar-refractivity contribution is 0.589. The van der Waals surface area contributed by atoms with E-state index in [0.29, 0.717) is 44.5 Å². The number of pyridine rings is 1. The van der Waals surface area contributed by atoms with Crippen molar-refractivity contribution in [3.63, 3.8) is 0 Å². The van der Waals surface area contributed by atoms with Crippen LogP contribution in [0.15, 0.2) is 60.8 Å². The molecule has 0 unspecified atom stereocenters. The lowest BCUT2D eigenvalue weighted by Crippen LogP contribution is -2.05. The second-order valence-corrected chi connectivity index (χ2v) is 7.00. The summed E-state index contributed by atoms with van der Waals surface area (Å²) in [6.07, 6.45) is 1.67. The first-order valence-electron chi connectivity index (χ1n) is 8.88. The van der Waals surface area contributed by atoms with Gasteiger partial charge in [0.25, 0.3) is 0 Å². The van der Waals surface area contributed by atoms with Crippen LogP contribution in [-0.2, 0) is 6.54 Å². The summed E-state index contributed by atoms with van der Waals surface area (Å²) in [7, 11) is 0. The Morgan fingerprint density at radius 2 is 1.86 bits per heavy atom. The van der Waals surface area contributed by atoms with Gasteiger partial charge in [-0.1, -0.05) is 29.8 Å². The van der Waals surface area contributed by atoms with Crippen LogP contribution in [-0.4, -0.2) is 24.7 Å². The van der Waals surface area contributed by atoms with Crippen molar-refractivity contribution in [1.29, 1.82) is 0 Å². The first-order chi connectivity index (χ1) is 14.1. The van der Waals surface area contributed by atoms with Crippen molar-refractivity contribution in [1.82, 2.24) is 24.7 Å². The number of aromatic nitrogens is 5. The third-order valence-corrected chi connectivity index (χ3v) is 4.92. The van der Waals surface area contributed by atoms with Gasteiger partial charge in [0.2, 0.25) is 0 Å². The summed E-state index contributed by atoms with van der Waals surface area (Å²) in [5.74, 6) is 0.402. The largest absolute Gasteiger partial charge is 0.383 e. The highest BCUT2D eigenvalue weighted by Crippen LogP contribution is 2.29. The molecule has 5 rings (SSSR count). The Bertz CT molecular complexity index is 1380. The topological polar surface area (TPSA) is 82.5 Å². The van der Waals surface area contributed by atoms with Gasteiger partial charge in [-0.05, 0) is 36.4 Å². The van der Waals surface area contributed by atoms with Crippen LogP contribution in [0.1, 0.15) is 5.56 Å². The predicted molar refractivity (Wildman–Crippen MR) is 111 cm³/mol. The Balaban J connectivity index is 1.70. The van der Waals surface area contributed by atoms with Crippen LogP contribution in [0.2, 0.25) is 5.02 Å². The normalized spacial score (nSPS) is 11.4. The van der Waals surface area contributed by atoms with E-state index in [9.17, 15) is 4.39 Å². The molecular weight excluding hydrogens is 391 g/mol. The standard InChI is InChI=1S/C21H14ClFN6/c22-13-7-8-14-17(10-13)26-20(27-19(14)24)18-15-5-3-9-25-21(15)29(28-18)11-12-4-1-2-6-16(12)23/h1-10H,11H2,(H2,24,26,27). The average molecular weight is 405 g/mol. The van der Waals surface area contributed by atoms with Crippen molar-refractivity contribution in [2.24, 2.45) is 0 Å². The van der Waals surface area contributed by atoms with Gasteiger partial charge < -0.3 is 5.73 Å². The van der Waals surface area contributed by atoms with Gasteiger partial charge in [0.1, 0.15) is 17.3 Å². The molecule has 3 heterocycles. The lowest BCUT2D eigenvalue weighted by atomic mass is 10.2. The number of anilines is 1. The Morgan fingerprint density at radius 3 is 2.72 bits per heavy atom. The summed E-state index contributed by atoms with van der Waals surface area (Å²) in [5.41, 5.74) is 8.42. The van der Waals surface area contributed by atoms with E-state index in [1.165, 1.54) is 6.07 Å². The molecule has 0 saturated carbocycles. The minimum absolute atomic E-state index is 0.231. The molecule has 5 aromatic rings. The first kappa shape index (κ1) is 17.5. The van der Waals surface area contributed by atoms with E-state index in [1.807, 2.05) is 12.1 Å². The minimum atomic E-state index is -0.297. The molecule has 2 N–H and O–H groups in total. The molecule has 29 heavy (non-hydrogen) atoms. The summed E-state index contributed by atoms with van der Waals surface area (Å²) in [5, 5.41) is 6.66. The van der Waals surface area contributed by atoms with E-state index < -0.39 is 0 Å². The molecule has 0 bridgehead atoms. The van der Waals surface area contributed by atoms with Crippen LogP contribution >= 0.6 is 11.6 Å². The SMILES string of the molecule is Nc1nc(-c2nn(Cc3ccccc3F)c3ncccc23)nc2cc(Cl)ccc12. The molecule has 0 spiro atoms. The number of nitrogens with zero attached hydrogens (tertiary/aromatic N) is 5. The summed E-state index contributed by atoms with van der Waals surface area (Å²) in [6, 6.07) is 15.5. The van der Waals surface area contributed by atoms with Crippen molar-refractivity contribution >= 4 is 39.4 Å². The molecule has 142 valence electrons. The van der Waals surface area contributed by atoms with Gasteiger partial charge in [0.05, 0.1) is 17.4 Å². The highest BCUT2D eigenvalue weighted by atomic mass is 35.5. The van der Waals surface area contributed by atoms with E-state index in [-0.39, 0.29) is 12.4 Å². The fourth-order valence-electron chi connectivity index (χ4n) is 3.31. The maximum Gasteiger partial charge on any atom is 0.183 e. The summed E-state index contributed by atoms with van der Waals surface area (Å²) in [6.45, 7) is 0.231. The second kappa shape index (κ2) is 6.79. The maximum atomic E-state index is 14.2. The number of hydrogen-bond acceptors (Lipinski definition) is 5. The third kappa shape index (κ3) is 3.05. The molecule has 0 fully saturated rings. The molecule has 8 heteroatoms. The number of benzene rings is 2. The Hall–Kier alpha value is -3.58. The zero-order valence-electron chi connectivity index (χ0n) is 15.0. The predicted octanol–water partition coefficient (Wildman–Crippen LogP) is 4.46. The van der Waals surface area contributed by atoms with Crippen molar-refractivity contribution in [2.45, 2.75) is 6.54 Å². The highest BCUT2D eigenvalue weighted by Gasteiger charge is 2.18. The van der Waals surface area contributed by atoms with Crippen molar-refractivity contribution in [3.05, 3.63) is 77.2 Å². The third-order valence-electron chi connectivity index (χ3n) is 4.69. The van der Waals surface area contributed by atoms with Crippen LogP contribution in [0.25, 0.3) is 33.5 Å². The van der Waals surface area contributed by atoms with E-state index in [1.54, 1.807) is 47.3 Å². The summed E-state index contributed by atoms with van der Waals surface area (Å²) in [4.78, 5) is 13.5. The molecule has 0 aliphatic rings. The van der Waals surface area contributed by atoms with Gasteiger partial charge in [0, 0.05) is 22.2 Å². The molecule has 0 saturated heterocycles. The molecule has 6 nitrogen and oxygen atoms in total. The van der Waals surface area contributed by atoms with Crippen molar-refractivity contribution in [3.8, 4) is 11.5 Å². The van der Waals surface area contributed by atoms with E-state index in [2.05, 4.69) is 20.1 Å². The van der Waals surface area contributed by atoms with Gasteiger partial charge in [-0.2, -0.15) is 5.10 Å². The van der Waals surface area contributed by atoms with E-state index >= 15 is 0 Å². The summed E-state index contributed by atoms with van der Waals surface area (Å²) >= 11 is 6.11. The lowest BCUT2D eigenvalue weighted by Gasteiger charge is -2.05. The zero-order valence-corrected chi connectivity index (χ0v) is 15.8. The van der Waals surface area contributed by atoms with Crippen molar-refractivity contribution < 1.29 is 4.39 Å². The fraction of sp³-hybridized carbons (Fsp3) is 0.0476. The summed E-state index contributed by atoms with van der Waals surface area (Å²) < 4.78 is 15.8. The zero-order chi connectivity index (χ0) is 20.0. The van der Waals surface area contributed by atoms with Crippen LogP contribution < -0.4 is 5.73 Å². The quantitative estimate of drug-likeness (QED) is 0.480. The number of nitrogen functional groups attached to an aromatic ring is 1. The molecule has 0 aliphatic carbocycles. The molecular formula is C21H14ClFN6. The first-order valence-corrected chi connectivity index (χ1v) is 9.26. The van der Waals surface area contributed by atoms with Gasteiger partial charge in [0.15, 0.2) is 11.5 Å². The van der Waals surface area contributed by atoms with E-state index in [0.717, 1.165) is 5.39 Å². The van der Waals surface area contributed by atoms with Gasteiger partial charge in [-0.15, -0.1) is 0 Å². The van der Waals surface area contributed by atoms with Gasteiger partial charge in [-0.3, -0.25) is 0 Å². The van der Waals surface area contributed by atoms with Crippen LogP contribution in [0.4, 0.5) is 10.2 Å². The molecule has 0 aliphatic heterocycles. The molecule has 0 amide bonds. The Labute approximate surface area is 169 Å². The number of hydrogen-bond donors (Lipinski definition) is 1. The maximum absolute atomic E-state index is 14.2.